The molecule has 0 spiro atoms. The van der Waals surface area contributed by atoms with Crippen molar-refractivity contribution in [2.75, 3.05) is 0 Å². The number of carbonyl (C=O) groups is 3. The molecule has 0 radical (unpaired) electrons. The molecule has 0 saturated carbocycles. The lowest BCUT2D eigenvalue weighted by Crippen LogP contribution is -1.73. The summed E-state index contributed by atoms with van der Waals surface area (Å²) in [5.41, 5.74) is 0. The number of carbonyl (C=O) groups excluding carboxylic acids is 3. The van der Waals surface area contributed by atoms with Crippen LogP contribution in [0.25, 0.3) is 0 Å². The van der Waals surface area contributed by atoms with Gasteiger partial charge in [0.15, 0.2) is 0 Å². The summed E-state index contributed by atoms with van der Waals surface area (Å²) in [6, 6.07) is 0. The first-order valence-corrected chi connectivity index (χ1v) is 2.08. The number of rotatable bonds is 3. The average molecular weight is 116 g/mol. The van der Waals surface area contributed by atoms with E-state index in [0.717, 1.165) is 12.6 Å². The predicted molar refractivity (Wildman–Crippen MR) is 28.5 cm³/mol. The molecule has 0 aliphatic carbocycles. The van der Waals surface area contributed by atoms with E-state index in [0.29, 0.717) is 12.8 Å². The minimum atomic E-state index is 0.365. The maximum Gasteiger partial charge on any atom is 0.120 e. The van der Waals surface area contributed by atoms with Gasteiger partial charge in [0.1, 0.15) is 19.4 Å². The first-order valence-electron chi connectivity index (χ1n) is 2.08. The molecule has 0 bridgehead atoms. The van der Waals surface area contributed by atoms with Crippen molar-refractivity contribution in [3.63, 3.8) is 0 Å². The molecule has 46 valence electrons. The SMILES string of the molecule is C=O.O=CCCC=O. The summed E-state index contributed by atoms with van der Waals surface area (Å²) in [5.74, 6) is 0. The summed E-state index contributed by atoms with van der Waals surface area (Å²) >= 11 is 0. The molecule has 0 aromatic heterocycles. The maximum atomic E-state index is 9.40. The molecule has 0 rings (SSSR count). The Kier molecular flexibility index (Phi) is 21.0. The van der Waals surface area contributed by atoms with Crippen molar-refractivity contribution in [1.82, 2.24) is 0 Å². The average Bonchev–Trinajstić information content (AvgIpc) is 1.88. The molecular weight excluding hydrogens is 108 g/mol. The Balaban J connectivity index is 0. The van der Waals surface area contributed by atoms with Crippen LogP contribution in [0.5, 0.6) is 0 Å². The summed E-state index contributed by atoms with van der Waals surface area (Å²) in [4.78, 5) is 26.8. The first-order chi connectivity index (χ1) is 3.91. The molecule has 3 heteroatoms. The fraction of sp³-hybridized carbons (Fsp3) is 0.400. The van der Waals surface area contributed by atoms with Gasteiger partial charge in [-0.1, -0.05) is 0 Å². The molecule has 0 N–H and O–H groups in total. The van der Waals surface area contributed by atoms with Gasteiger partial charge in [0.2, 0.25) is 0 Å². The zero-order chi connectivity index (χ0) is 6.83. The van der Waals surface area contributed by atoms with Crippen LogP contribution in [0.3, 0.4) is 0 Å². The van der Waals surface area contributed by atoms with Crippen LogP contribution in [-0.2, 0) is 14.4 Å². The van der Waals surface area contributed by atoms with Crippen molar-refractivity contribution < 1.29 is 14.4 Å². The van der Waals surface area contributed by atoms with E-state index in [2.05, 4.69) is 0 Å². The summed E-state index contributed by atoms with van der Waals surface area (Å²) in [7, 11) is 0. The van der Waals surface area contributed by atoms with Gasteiger partial charge in [-0.25, -0.2) is 0 Å². The van der Waals surface area contributed by atoms with E-state index in [1.807, 2.05) is 6.79 Å². The second-order valence-electron chi connectivity index (χ2n) is 0.911. The van der Waals surface area contributed by atoms with Gasteiger partial charge in [-0.15, -0.1) is 0 Å². The van der Waals surface area contributed by atoms with Crippen LogP contribution in [0.1, 0.15) is 12.8 Å². The highest BCUT2D eigenvalue weighted by Crippen LogP contribution is 1.72. The monoisotopic (exact) mass is 116 g/mol. The fourth-order valence-electron chi connectivity index (χ4n) is 0.136. The van der Waals surface area contributed by atoms with Gasteiger partial charge in [0.05, 0.1) is 0 Å². The largest absolute Gasteiger partial charge is 0.307 e. The molecule has 0 heterocycles. The van der Waals surface area contributed by atoms with Gasteiger partial charge >= 0.3 is 0 Å². The molecule has 0 fully saturated rings. The summed E-state index contributed by atoms with van der Waals surface area (Å²) in [6.07, 6.45) is 2.19. The van der Waals surface area contributed by atoms with Crippen LogP contribution < -0.4 is 0 Å². The Morgan fingerprint density at radius 2 is 1.25 bits per heavy atom. The number of aldehydes is 2. The number of hydrogen-bond donors (Lipinski definition) is 0. The Bertz CT molecular complexity index is 52.7. The first kappa shape index (κ1) is 10.1. The van der Waals surface area contributed by atoms with Crippen LogP contribution in [0.2, 0.25) is 0 Å². The molecule has 0 aliphatic rings. The molecule has 0 amide bonds. The lowest BCUT2D eigenvalue weighted by atomic mass is 10.4. The highest BCUT2D eigenvalue weighted by atomic mass is 16.1. The normalized spacial score (nSPS) is 6.00. The topological polar surface area (TPSA) is 51.2 Å². The minimum Gasteiger partial charge on any atom is -0.307 e. The Morgan fingerprint density at radius 1 is 1.00 bits per heavy atom. The Labute approximate surface area is 47.7 Å². The molecule has 0 atom stereocenters. The summed E-state index contributed by atoms with van der Waals surface area (Å²) in [6.45, 7) is 2.00. The van der Waals surface area contributed by atoms with E-state index in [-0.39, 0.29) is 0 Å². The van der Waals surface area contributed by atoms with Gasteiger partial charge in [-0.3, -0.25) is 0 Å². The van der Waals surface area contributed by atoms with Crippen molar-refractivity contribution in [3.8, 4) is 0 Å². The molecule has 8 heavy (non-hydrogen) atoms. The molecule has 0 saturated heterocycles. The molecule has 0 aromatic rings. The molecule has 0 unspecified atom stereocenters. The third-order valence-corrected chi connectivity index (χ3v) is 0.402. The molecule has 3 nitrogen and oxygen atoms in total. The quantitative estimate of drug-likeness (QED) is 0.384. The van der Waals surface area contributed by atoms with E-state index in [1.165, 1.54) is 0 Å². The highest BCUT2D eigenvalue weighted by Gasteiger charge is 1.74. The third-order valence-electron chi connectivity index (χ3n) is 0.402. The summed E-state index contributed by atoms with van der Waals surface area (Å²) in [5, 5.41) is 0. The van der Waals surface area contributed by atoms with E-state index < -0.39 is 0 Å². The van der Waals surface area contributed by atoms with Gasteiger partial charge in [0, 0.05) is 12.8 Å². The van der Waals surface area contributed by atoms with Crippen molar-refractivity contribution >= 4 is 19.4 Å². The van der Waals surface area contributed by atoms with Crippen LogP contribution in [0.4, 0.5) is 0 Å². The number of unbranched alkanes of at least 4 members (excludes halogenated alkanes) is 1. The fourth-order valence-corrected chi connectivity index (χ4v) is 0.136. The van der Waals surface area contributed by atoms with Gasteiger partial charge in [0.25, 0.3) is 0 Å². The van der Waals surface area contributed by atoms with Gasteiger partial charge in [-0.2, -0.15) is 0 Å². The van der Waals surface area contributed by atoms with E-state index in [4.69, 9.17) is 4.79 Å². The van der Waals surface area contributed by atoms with Crippen molar-refractivity contribution in [1.29, 1.82) is 0 Å². The minimum absolute atomic E-state index is 0.365. The van der Waals surface area contributed by atoms with E-state index >= 15 is 0 Å². The van der Waals surface area contributed by atoms with Gasteiger partial charge in [-0.05, 0) is 0 Å². The standard InChI is InChI=1S/C4H6O2.CH2O/c5-3-1-2-4-6;1-2/h3-4H,1-2H2;1H2. The van der Waals surface area contributed by atoms with Crippen LogP contribution >= 0.6 is 0 Å². The molecular formula is C5H8O3. The number of hydrogen-bond acceptors (Lipinski definition) is 3. The third kappa shape index (κ3) is 19.9. The Morgan fingerprint density at radius 3 is 1.38 bits per heavy atom. The van der Waals surface area contributed by atoms with Gasteiger partial charge < -0.3 is 14.4 Å². The maximum absolute atomic E-state index is 9.40. The predicted octanol–water partition coefficient (Wildman–Crippen LogP) is -0.0205. The lowest BCUT2D eigenvalue weighted by molar-refractivity contribution is -0.112. The zero-order valence-electron chi connectivity index (χ0n) is 4.50. The van der Waals surface area contributed by atoms with Crippen molar-refractivity contribution in [2.45, 2.75) is 12.8 Å². The van der Waals surface area contributed by atoms with Crippen molar-refractivity contribution in [3.05, 3.63) is 0 Å². The summed E-state index contributed by atoms with van der Waals surface area (Å²) < 4.78 is 0. The molecule has 0 aromatic carbocycles. The molecule has 0 aliphatic heterocycles. The highest BCUT2D eigenvalue weighted by molar-refractivity contribution is 5.58. The van der Waals surface area contributed by atoms with Crippen LogP contribution in [0, 0.1) is 0 Å². The van der Waals surface area contributed by atoms with Crippen molar-refractivity contribution in [2.24, 2.45) is 0 Å². The smallest absolute Gasteiger partial charge is 0.120 e. The second kappa shape index (κ2) is 16.7. The Hall–Kier alpha value is -0.990. The van der Waals surface area contributed by atoms with E-state index in [1.54, 1.807) is 0 Å². The van der Waals surface area contributed by atoms with Crippen LogP contribution in [-0.4, -0.2) is 19.4 Å². The zero-order valence-corrected chi connectivity index (χ0v) is 4.50. The van der Waals surface area contributed by atoms with Crippen LogP contribution in [0.15, 0.2) is 0 Å². The second-order valence-corrected chi connectivity index (χ2v) is 0.911. The lowest BCUT2D eigenvalue weighted by Gasteiger charge is -1.68. The van der Waals surface area contributed by atoms with E-state index in [9.17, 15) is 9.59 Å².